The molecule has 5 nitrogen and oxygen atoms in total. The van der Waals surface area contributed by atoms with Gasteiger partial charge in [0.05, 0.1) is 17.6 Å². The third-order valence-electron chi connectivity index (χ3n) is 2.55. The lowest BCUT2D eigenvalue weighted by atomic mass is 10.2. The summed E-state index contributed by atoms with van der Waals surface area (Å²) in [4.78, 5) is 9.84. The zero-order chi connectivity index (χ0) is 14.7. The highest BCUT2D eigenvalue weighted by Gasteiger charge is 2.13. The van der Waals surface area contributed by atoms with Gasteiger partial charge >= 0.3 is 0 Å². The third kappa shape index (κ3) is 3.12. The van der Waals surface area contributed by atoms with E-state index in [2.05, 4.69) is 15.9 Å². The molecule has 0 aliphatic heterocycles. The Bertz CT molecular complexity index is 663. The predicted molar refractivity (Wildman–Crippen MR) is 73.2 cm³/mol. The number of non-ortho nitro benzene ring substituents is 1. The van der Waals surface area contributed by atoms with Crippen molar-refractivity contribution >= 4 is 21.6 Å². The second-order valence-corrected chi connectivity index (χ2v) is 4.80. The maximum atomic E-state index is 13.7. The van der Waals surface area contributed by atoms with Gasteiger partial charge in [-0.05, 0) is 18.2 Å². The molecule has 20 heavy (non-hydrogen) atoms. The summed E-state index contributed by atoms with van der Waals surface area (Å²) in [6, 6.07) is 8.02. The number of hydrogen-bond acceptors (Lipinski definition) is 4. The van der Waals surface area contributed by atoms with Crippen molar-refractivity contribution in [2.24, 2.45) is 0 Å². The Hall–Kier alpha value is -1.99. The lowest BCUT2D eigenvalue weighted by Gasteiger charge is -2.10. The molecular formula is C13H9BrFNO4. The summed E-state index contributed by atoms with van der Waals surface area (Å²) in [6.45, 7) is -0.267. The van der Waals surface area contributed by atoms with E-state index in [0.29, 0.717) is 10.0 Å². The van der Waals surface area contributed by atoms with E-state index in [4.69, 9.17) is 4.74 Å². The number of nitro benzene ring substituents is 1. The fraction of sp³-hybridized carbons (Fsp3) is 0.0769. The van der Waals surface area contributed by atoms with E-state index in [1.165, 1.54) is 6.07 Å². The summed E-state index contributed by atoms with van der Waals surface area (Å²) < 4.78 is 19.8. The molecule has 0 unspecified atom stereocenters. The first-order chi connectivity index (χ1) is 9.51. The molecule has 0 bridgehead atoms. The van der Waals surface area contributed by atoms with Crippen molar-refractivity contribution in [2.45, 2.75) is 6.61 Å². The molecule has 0 saturated heterocycles. The SMILES string of the molecule is O=[N+]([O-])c1ccc(Oc2cc(Br)ccc2CO)c(F)c1. The zero-order valence-electron chi connectivity index (χ0n) is 10.0. The minimum absolute atomic E-state index is 0.150. The molecule has 0 heterocycles. The van der Waals surface area contributed by atoms with E-state index < -0.39 is 10.7 Å². The van der Waals surface area contributed by atoms with E-state index >= 15 is 0 Å². The largest absolute Gasteiger partial charge is 0.454 e. The molecule has 2 aromatic carbocycles. The standard InChI is InChI=1S/C13H9BrFNO4/c14-9-2-1-8(7-17)13(5-9)20-12-4-3-10(16(18)19)6-11(12)15/h1-6,17H,7H2. The normalized spacial score (nSPS) is 10.3. The van der Waals surface area contributed by atoms with Crippen molar-refractivity contribution in [3.8, 4) is 11.5 Å². The summed E-state index contributed by atoms with van der Waals surface area (Å²) in [7, 11) is 0. The van der Waals surface area contributed by atoms with Crippen molar-refractivity contribution < 1.29 is 19.2 Å². The Morgan fingerprint density at radius 2 is 2.00 bits per heavy atom. The van der Waals surface area contributed by atoms with Gasteiger partial charge < -0.3 is 9.84 Å². The summed E-state index contributed by atoms with van der Waals surface area (Å²) >= 11 is 3.24. The molecule has 0 spiro atoms. The van der Waals surface area contributed by atoms with Gasteiger partial charge in [-0.25, -0.2) is 4.39 Å². The average Bonchev–Trinajstić information content (AvgIpc) is 2.41. The van der Waals surface area contributed by atoms with Crippen LogP contribution in [0.1, 0.15) is 5.56 Å². The van der Waals surface area contributed by atoms with Crippen molar-refractivity contribution in [3.05, 3.63) is 62.4 Å². The Kier molecular flexibility index (Phi) is 4.31. The van der Waals surface area contributed by atoms with Gasteiger partial charge in [0.2, 0.25) is 0 Å². The van der Waals surface area contributed by atoms with Gasteiger partial charge in [-0.3, -0.25) is 10.1 Å². The van der Waals surface area contributed by atoms with Crippen LogP contribution in [0, 0.1) is 15.9 Å². The molecule has 0 fully saturated rings. The number of aliphatic hydroxyl groups is 1. The smallest absolute Gasteiger partial charge is 0.272 e. The molecule has 2 rings (SSSR count). The van der Waals surface area contributed by atoms with Gasteiger partial charge in [-0.2, -0.15) is 0 Å². The van der Waals surface area contributed by atoms with E-state index in [-0.39, 0.29) is 23.8 Å². The molecule has 0 atom stereocenters. The van der Waals surface area contributed by atoms with Gasteiger partial charge in [0.1, 0.15) is 5.75 Å². The Morgan fingerprint density at radius 1 is 1.25 bits per heavy atom. The summed E-state index contributed by atoms with van der Waals surface area (Å²) in [6.07, 6.45) is 0. The third-order valence-corrected chi connectivity index (χ3v) is 3.04. The van der Waals surface area contributed by atoms with Gasteiger partial charge in [0.25, 0.3) is 5.69 Å². The molecule has 0 aromatic heterocycles. The van der Waals surface area contributed by atoms with Crippen LogP contribution in [-0.4, -0.2) is 10.0 Å². The fourth-order valence-corrected chi connectivity index (χ4v) is 1.90. The highest BCUT2D eigenvalue weighted by molar-refractivity contribution is 9.10. The van der Waals surface area contributed by atoms with Crippen LogP contribution in [0.4, 0.5) is 10.1 Å². The highest BCUT2D eigenvalue weighted by Crippen LogP contribution is 2.31. The van der Waals surface area contributed by atoms with E-state index in [0.717, 1.165) is 12.1 Å². The van der Waals surface area contributed by atoms with Crippen LogP contribution in [0.2, 0.25) is 0 Å². The van der Waals surface area contributed by atoms with Crippen LogP contribution in [0.3, 0.4) is 0 Å². The molecule has 0 amide bonds. The molecule has 7 heteroatoms. The van der Waals surface area contributed by atoms with Crippen LogP contribution in [0.15, 0.2) is 40.9 Å². The molecule has 0 radical (unpaired) electrons. The van der Waals surface area contributed by atoms with Gasteiger partial charge in [-0.15, -0.1) is 0 Å². The molecule has 0 aliphatic rings. The first-order valence-electron chi connectivity index (χ1n) is 5.52. The minimum Gasteiger partial charge on any atom is -0.454 e. The van der Waals surface area contributed by atoms with Crippen LogP contribution in [-0.2, 0) is 6.61 Å². The van der Waals surface area contributed by atoms with Crippen molar-refractivity contribution in [2.75, 3.05) is 0 Å². The second-order valence-electron chi connectivity index (χ2n) is 3.88. The predicted octanol–water partition coefficient (Wildman–Crippen LogP) is 3.78. The van der Waals surface area contributed by atoms with Crippen LogP contribution < -0.4 is 4.74 Å². The number of benzene rings is 2. The minimum atomic E-state index is -0.844. The monoisotopic (exact) mass is 341 g/mol. The van der Waals surface area contributed by atoms with Gasteiger partial charge in [0, 0.05) is 16.1 Å². The number of ether oxygens (including phenoxy) is 1. The topological polar surface area (TPSA) is 72.6 Å². The number of rotatable bonds is 4. The average molecular weight is 342 g/mol. The zero-order valence-corrected chi connectivity index (χ0v) is 11.6. The number of nitro groups is 1. The Morgan fingerprint density at radius 3 is 2.60 bits per heavy atom. The Labute approximate surface area is 121 Å². The number of aliphatic hydroxyl groups excluding tert-OH is 1. The van der Waals surface area contributed by atoms with Crippen LogP contribution >= 0.6 is 15.9 Å². The lowest BCUT2D eigenvalue weighted by molar-refractivity contribution is -0.385. The lowest BCUT2D eigenvalue weighted by Crippen LogP contribution is -1.95. The van der Waals surface area contributed by atoms with E-state index in [9.17, 15) is 19.6 Å². The molecule has 0 saturated carbocycles. The first kappa shape index (κ1) is 14.4. The number of halogens is 2. The van der Waals surface area contributed by atoms with Crippen LogP contribution in [0.25, 0.3) is 0 Å². The molecule has 2 aromatic rings. The maximum Gasteiger partial charge on any atom is 0.272 e. The fourth-order valence-electron chi connectivity index (χ4n) is 1.56. The second kappa shape index (κ2) is 5.98. The maximum absolute atomic E-state index is 13.7. The van der Waals surface area contributed by atoms with Gasteiger partial charge in [-0.1, -0.05) is 22.0 Å². The summed E-state index contributed by atoms with van der Waals surface area (Å²) in [5.41, 5.74) is 0.123. The quantitative estimate of drug-likeness (QED) is 0.678. The van der Waals surface area contributed by atoms with Crippen LogP contribution in [0.5, 0.6) is 11.5 Å². The number of nitrogens with zero attached hydrogens (tertiary/aromatic N) is 1. The van der Waals surface area contributed by atoms with E-state index in [1.54, 1.807) is 18.2 Å². The van der Waals surface area contributed by atoms with Crippen molar-refractivity contribution in [3.63, 3.8) is 0 Å². The molecule has 1 N–H and O–H groups in total. The molecule has 0 aliphatic carbocycles. The van der Waals surface area contributed by atoms with Crippen molar-refractivity contribution in [1.82, 2.24) is 0 Å². The highest BCUT2D eigenvalue weighted by atomic mass is 79.9. The molecular weight excluding hydrogens is 333 g/mol. The summed E-state index contributed by atoms with van der Waals surface area (Å²) in [5, 5.41) is 19.7. The first-order valence-corrected chi connectivity index (χ1v) is 6.31. The summed E-state index contributed by atoms with van der Waals surface area (Å²) in [5.74, 6) is -0.721. The van der Waals surface area contributed by atoms with Gasteiger partial charge in [0.15, 0.2) is 11.6 Å². The number of hydrogen-bond donors (Lipinski definition) is 1. The van der Waals surface area contributed by atoms with E-state index in [1.807, 2.05) is 0 Å². The molecule has 104 valence electrons. The Balaban J connectivity index is 2.35. The van der Waals surface area contributed by atoms with Crippen molar-refractivity contribution in [1.29, 1.82) is 0 Å².